The summed E-state index contributed by atoms with van der Waals surface area (Å²) >= 11 is 5.55. The van der Waals surface area contributed by atoms with Gasteiger partial charge >= 0.3 is 0 Å². The standard InChI is InChI=1S/C13H19ClO3/c1-9(2)17-12-6-4-3-5-10(12)13(16)11(15)7-8-14/h3-6,9,11,13,15-16H,7-8H2,1-2H3. The average Bonchev–Trinajstić information content (AvgIpc) is 2.28. The van der Waals surface area contributed by atoms with E-state index in [1.165, 1.54) is 0 Å². The molecule has 0 spiro atoms. The monoisotopic (exact) mass is 258 g/mol. The van der Waals surface area contributed by atoms with Gasteiger partial charge in [0.05, 0.1) is 12.2 Å². The van der Waals surface area contributed by atoms with Crippen LogP contribution in [-0.4, -0.2) is 28.3 Å². The van der Waals surface area contributed by atoms with Crippen molar-refractivity contribution in [3.63, 3.8) is 0 Å². The molecule has 0 amide bonds. The minimum absolute atomic E-state index is 0.0218. The summed E-state index contributed by atoms with van der Waals surface area (Å²) in [5.74, 6) is 0.912. The van der Waals surface area contributed by atoms with E-state index in [0.29, 0.717) is 23.6 Å². The van der Waals surface area contributed by atoms with Gasteiger partial charge in [-0.05, 0) is 26.3 Å². The van der Waals surface area contributed by atoms with Crippen molar-refractivity contribution in [1.29, 1.82) is 0 Å². The first kappa shape index (κ1) is 14.3. The predicted octanol–water partition coefficient (Wildman–Crippen LogP) is 2.50. The smallest absolute Gasteiger partial charge is 0.125 e. The lowest BCUT2D eigenvalue weighted by Crippen LogP contribution is -2.20. The fourth-order valence-corrected chi connectivity index (χ4v) is 1.79. The van der Waals surface area contributed by atoms with Crippen molar-refractivity contribution < 1.29 is 14.9 Å². The molecule has 96 valence electrons. The number of halogens is 1. The van der Waals surface area contributed by atoms with Crippen LogP contribution in [-0.2, 0) is 0 Å². The summed E-state index contributed by atoms with van der Waals surface area (Å²) in [4.78, 5) is 0. The highest BCUT2D eigenvalue weighted by atomic mass is 35.5. The minimum atomic E-state index is -0.969. The van der Waals surface area contributed by atoms with Crippen LogP contribution in [0.3, 0.4) is 0 Å². The number of aliphatic hydroxyl groups is 2. The quantitative estimate of drug-likeness (QED) is 0.771. The molecule has 0 aromatic heterocycles. The second-order valence-corrected chi connectivity index (χ2v) is 4.57. The lowest BCUT2D eigenvalue weighted by molar-refractivity contribution is 0.0148. The second kappa shape index (κ2) is 6.84. The fraction of sp³-hybridized carbons (Fsp3) is 0.538. The van der Waals surface area contributed by atoms with Crippen molar-refractivity contribution in [3.05, 3.63) is 29.8 Å². The topological polar surface area (TPSA) is 49.7 Å². The number of hydrogen-bond donors (Lipinski definition) is 2. The number of ether oxygens (including phenoxy) is 1. The van der Waals surface area contributed by atoms with Crippen molar-refractivity contribution in [2.45, 2.75) is 38.6 Å². The third-order valence-electron chi connectivity index (χ3n) is 2.37. The zero-order chi connectivity index (χ0) is 12.8. The van der Waals surface area contributed by atoms with Crippen LogP contribution >= 0.6 is 11.6 Å². The van der Waals surface area contributed by atoms with Crippen LogP contribution in [0.25, 0.3) is 0 Å². The van der Waals surface area contributed by atoms with Gasteiger partial charge in [-0.2, -0.15) is 0 Å². The van der Waals surface area contributed by atoms with E-state index in [0.717, 1.165) is 0 Å². The van der Waals surface area contributed by atoms with Crippen molar-refractivity contribution in [1.82, 2.24) is 0 Å². The summed E-state index contributed by atoms with van der Waals surface area (Å²) in [6.45, 7) is 3.83. The normalized spacial score (nSPS) is 14.7. The molecular formula is C13H19ClO3. The largest absolute Gasteiger partial charge is 0.491 e. The van der Waals surface area contributed by atoms with Gasteiger partial charge in [0, 0.05) is 11.4 Å². The van der Waals surface area contributed by atoms with Gasteiger partial charge in [0.15, 0.2) is 0 Å². The van der Waals surface area contributed by atoms with Crippen molar-refractivity contribution in [2.24, 2.45) is 0 Å². The highest BCUT2D eigenvalue weighted by molar-refractivity contribution is 6.17. The highest BCUT2D eigenvalue weighted by Gasteiger charge is 2.21. The molecule has 2 unspecified atom stereocenters. The fourth-order valence-electron chi connectivity index (χ4n) is 1.56. The van der Waals surface area contributed by atoms with Crippen LogP contribution in [0.15, 0.2) is 24.3 Å². The number of para-hydroxylation sites is 1. The van der Waals surface area contributed by atoms with Gasteiger partial charge in [-0.1, -0.05) is 18.2 Å². The van der Waals surface area contributed by atoms with Gasteiger partial charge in [-0.15, -0.1) is 11.6 Å². The molecule has 3 nitrogen and oxygen atoms in total. The maximum absolute atomic E-state index is 10.0. The molecule has 1 rings (SSSR count). The molecule has 2 N–H and O–H groups in total. The van der Waals surface area contributed by atoms with Crippen LogP contribution in [0.4, 0.5) is 0 Å². The highest BCUT2D eigenvalue weighted by Crippen LogP contribution is 2.29. The van der Waals surface area contributed by atoms with Crippen LogP contribution < -0.4 is 4.74 Å². The molecule has 0 radical (unpaired) electrons. The number of alkyl halides is 1. The van der Waals surface area contributed by atoms with Gasteiger partial charge in [0.1, 0.15) is 11.9 Å². The Kier molecular flexibility index (Phi) is 5.75. The number of aliphatic hydroxyl groups excluding tert-OH is 2. The Morgan fingerprint density at radius 3 is 2.47 bits per heavy atom. The van der Waals surface area contributed by atoms with Crippen LogP contribution in [0, 0.1) is 0 Å². The number of rotatable bonds is 6. The first-order valence-electron chi connectivity index (χ1n) is 5.74. The van der Waals surface area contributed by atoms with E-state index < -0.39 is 12.2 Å². The zero-order valence-corrected chi connectivity index (χ0v) is 10.9. The molecule has 0 aliphatic carbocycles. The van der Waals surface area contributed by atoms with E-state index in [4.69, 9.17) is 16.3 Å². The Morgan fingerprint density at radius 2 is 1.88 bits per heavy atom. The van der Waals surface area contributed by atoms with Gasteiger partial charge in [-0.25, -0.2) is 0 Å². The Labute approximate surface area is 107 Å². The van der Waals surface area contributed by atoms with Crippen LogP contribution in [0.1, 0.15) is 31.9 Å². The summed E-state index contributed by atoms with van der Waals surface area (Å²) < 4.78 is 5.59. The lowest BCUT2D eigenvalue weighted by Gasteiger charge is -2.21. The van der Waals surface area contributed by atoms with Gasteiger partial charge in [0.25, 0.3) is 0 Å². The van der Waals surface area contributed by atoms with Crippen molar-refractivity contribution in [3.8, 4) is 5.75 Å². The van der Waals surface area contributed by atoms with E-state index in [-0.39, 0.29) is 6.10 Å². The first-order valence-corrected chi connectivity index (χ1v) is 6.27. The van der Waals surface area contributed by atoms with E-state index in [9.17, 15) is 10.2 Å². The van der Waals surface area contributed by atoms with E-state index in [2.05, 4.69) is 0 Å². The molecule has 1 aromatic rings. The van der Waals surface area contributed by atoms with Gasteiger partial charge < -0.3 is 14.9 Å². The van der Waals surface area contributed by atoms with Crippen molar-refractivity contribution in [2.75, 3.05) is 5.88 Å². The summed E-state index contributed by atoms with van der Waals surface area (Å²) in [7, 11) is 0. The number of benzene rings is 1. The van der Waals surface area contributed by atoms with Gasteiger partial charge in [0.2, 0.25) is 0 Å². The Bertz CT molecular complexity index is 341. The Morgan fingerprint density at radius 1 is 1.24 bits per heavy atom. The molecule has 0 saturated heterocycles. The third-order valence-corrected chi connectivity index (χ3v) is 2.59. The maximum atomic E-state index is 10.0. The summed E-state index contributed by atoms with van der Waals surface area (Å²) in [6.07, 6.45) is -1.47. The van der Waals surface area contributed by atoms with Crippen LogP contribution in [0.5, 0.6) is 5.75 Å². The Hall–Kier alpha value is -0.770. The molecule has 0 bridgehead atoms. The third kappa shape index (κ3) is 4.19. The second-order valence-electron chi connectivity index (χ2n) is 4.19. The average molecular weight is 259 g/mol. The molecule has 2 atom stereocenters. The van der Waals surface area contributed by atoms with Crippen molar-refractivity contribution >= 4 is 11.6 Å². The molecule has 0 fully saturated rings. The van der Waals surface area contributed by atoms with Gasteiger partial charge in [-0.3, -0.25) is 0 Å². The molecule has 17 heavy (non-hydrogen) atoms. The molecule has 4 heteroatoms. The van der Waals surface area contributed by atoms with E-state index in [1.54, 1.807) is 18.2 Å². The molecule has 1 aromatic carbocycles. The summed E-state index contributed by atoms with van der Waals surface area (Å²) in [5.41, 5.74) is 0.596. The molecule has 0 saturated carbocycles. The molecule has 0 heterocycles. The van der Waals surface area contributed by atoms with E-state index >= 15 is 0 Å². The maximum Gasteiger partial charge on any atom is 0.125 e. The molecule has 0 aliphatic heterocycles. The number of hydrogen-bond acceptors (Lipinski definition) is 3. The van der Waals surface area contributed by atoms with Crippen LogP contribution in [0.2, 0.25) is 0 Å². The predicted molar refractivity (Wildman–Crippen MR) is 68.5 cm³/mol. The Balaban J connectivity index is 2.88. The minimum Gasteiger partial charge on any atom is -0.491 e. The molecular weight excluding hydrogens is 240 g/mol. The van der Waals surface area contributed by atoms with E-state index in [1.807, 2.05) is 19.9 Å². The zero-order valence-electron chi connectivity index (χ0n) is 10.1. The lowest BCUT2D eigenvalue weighted by atomic mass is 10.0. The summed E-state index contributed by atoms with van der Waals surface area (Å²) in [6, 6.07) is 7.17. The molecule has 0 aliphatic rings. The summed E-state index contributed by atoms with van der Waals surface area (Å²) in [5, 5.41) is 19.8. The first-order chi connectivity index (χ1) is 8.06. The SMILES string of the molecule is CC(C)Oc1ccccc1C(O)C(O)CCCl.